The Morgan fingerprint density at radius 3 is 3.00 bits per heavy atom. The SMILES string of the molecule is CCCN1/C(=C/C(=O)NO)Sc2ccccc21. The first-order valence-corrected chi connectivity index (χ1v) is 6.28. The molecule has 4 nitrogen and oxygen atoms in total. The van der Waals surface area contributed by atoms with Gasteiger partial charge in [0.15, 0.2) is 0 Å². The van der Waals surface area contributed by atoms with Crippen LogP contribution in [0.15, 0.2) is 40.3 Å². The summed E-state index contributed by atoms with van der Waals surface area (Å²) in [5.74, 6) is -0.499. The summed E-state index contributed by atoms with van der Waals surface area (Å²) in [6.45, 7) is 2.95. The molecule has 0 spiro atoms. The minimum atomic E-state index is -0.499. The highest BCUT2D eigenvalue weighted by atomic mass is 32.2. The Morgan fingerprint density at radius 1 is 1.53 bits per heavy atom. The first-order valence-electron chi connectivity index (χ1n) is 5.46. The number of carbonyl (C=O) groups excluding carboxylic acids is 1. The van der Waals surface area contributed by atoms with Gasteiger partial charge in [-0.2, -0.15) is 0 Å². The van der Waals surface area contributed by atoms with Crippen molar-refractivity contribution < 1.29 is 10.0 Å². The number of para-hydroxylation sites is 1. The third kappa shape index (κ3) is 2.45. The van der Waals surface area contributed by atoms with Crippen LogP contribution in [0, 0.1) is 0 Å². The molecule has 0 unspecified atom stereocenters. The lowest BCUT2D eigenvalue weighted by molar-refractivity contribution is -0.124. The average molecular weight is 250 g/mol. The van der Waals surface area contributed by atoms with E-state index in [0.29, 0.717) is 0 Å². The van der Waals surface area contributed by atoms with E-state index >= 15 is 0 Å². The lowest BCUT2D eigenvalue weighted by Gasteiger charge is -2.19. The van der Waals surface area contributed by atoms with Crippen LogP contribution in [0.2, 0.25) is 0 Å². The molecule has 90 valence electrons. The summed E-state index contributed by atoms with van der Waals surface area (Å²) in [5.41, 5.74) is 2.75. The summed E-state index contributed by atoms with van der Waals surface area (Å²) in [5, 5.41) is 9.40. The molecule has 0 atom stereocenters. The molecular formula is C12H14N2O2S. The minimum Gasteiger partial charge on any atom is -0.335 e. The Balaban J connectivity index is 2.32. The number of hydrogen-bond acceptors (Lipinski definition) is 4. The molecule has 1 aromatic rings. The highest BCUT2D eigenvalue weighted by molar-refractivity contribution is 8.03. The van der Waals surface area contributed by atoms with E-state index < -0.39 is 5.91 Å². The van der Waals surface area contributed by atoms with Crippen molar-refractivity contribution in [3.63, 3.8) is 0 Å². The number of nitrogens with one attached hydrogen (secondary N) is 1. The Kier molecular flexibility index (Phi) is 3.71. The zero-order chi connectivity index (χ0) is 12.3. The van der Waals surface area contributed by atoms with Gasteiger partial charge in [0, 0.05) is 17.5 Å². The van der Waals surface area contributed by atoms with Crippen molar-refractivity contribution in [2.75, 3.05) is 11.4 Å². The van der Waals surface area contributed by atoms with E-state index in [4.69, 9.17) is 5.21 Å². The second kappa shape index (κ2) is 5.25. The Morgan fingerprint density at radius 2 is 2.29 bits per heavy atom. The van der Waals surface area contributed by atoms with Gasteiger partial charge in [-0.15, -0.1) is 0 Å². The number of benzene rings is 1. The van der Waals surface area contributed by atoms with Gasteiger partial charge in [0.05, 0.1) is 10.7 Å². The lowest BCUT2D eigenvalue weighted by atomic mass is 10.3. The Bertz CT molecular complexity index is 460. The summed E-state index contributed by atoms with van der Waals surface area (Å²) in [6, 6.07) is 8.03. The van der Waals surface area contributed by atoms with Crippen LogP contribution in [0.1, 0.15) is 13.3 Å². The van der Waals surface area contributed by atoms with Gasteiger partial charge < -0.3 is 4.90 Å². The first kappa shape index (κ1) is 12.0. The first-order chi connectivity index (χ1) is 8.26. The molecule has 0 saturated heterocycles. The molecule has 0 aliphatic carbocycles. The molecule has 0 bridgehead atoms. The van der Waals surface area contributed by atoms with Crippen molar-refractivity contribution in [1.82, 2.24) is 5.48 Å². The number of carbonyl (C=O) groups is 1. The Hall–Kier alpha value is -1.46. The summed E-state index contributed by atoms with van der Waals surface area (Å²) >= 11 is 1.54. The number of thioether (sulfide) groups is 1. The van der Waals surface area contributed by atoms with Gasteiger partial charge in [-0.1, -0.05) is 30.8 Å². The quantitative estimate of drug-likeness (QED) is 0.491. The van der Waals surface area contributed by atoms with E-state index in [9.17, 15) is 4.79 Å². The van der Waals surface area contributed by atoms with Crippen LogP contribution in [0.3, 0.4) is 0 Å². The minimum absolute atomic E-state index is 0.499. The molecule has 1 aliphatic rings. The average Bonchev–Trinajstić information content (AvgIpc) is 2.68. The predicted molar refractivity (Wildman–Crippen MR) is 67.9 cm³/mol. The number of nitrogens with zero attached hydrogens (tertiary/aromatic N) is 1. The van der Waals surface area contributed by atoms with E-state index in [1.165, 1.54) is 6.08 Å². The molecule has 0 aromatic heterocycles. The third-order valence-electron chi connectivity index (χ3n) is 2.45. The number of hydrogen-bond donors (Lipinski definition) is 2. The molecule has 0 saturated carbocycles. The number of amides is 1. The van der Waals surface area contributed by atoms with E-state index in [1.54, 1.807) is 17.2 Å². The van der Waals surface area contributed by atoms with E-state index in [1.807, 2.05) is 24.3 Å². The third-order valence-corrected chi connectivity index (χ3v) is 3.56. The molecule has 0 fully saturated rings. The number of anilines is 1. The Labute approximate surface area is 104 Å². The van der Waals surface area contributed by atoms with E-state index in [-0.39, 0.29) is 0 Å². The zero-order valence-corrected chi connectivity index (χ0v) is 10.3. The largest absolute Gasteiger partial charge is 0.335 e. The topological polar surface area (TPSA) is 52.6 Å². The highest BCUT2D eigenvalue weighted by Crippen LogP contribution is 2.45. The zero-order valence-electron chi connectivity index (χ0n) is 9.51. The normalized spacial score (nSPS) is 16.1. The van der Waals surface area contributed by atoms with Gasteiger partial charge in [0.2, 0.25) is 0 Å². The maximum atomic E-state index is 11.2. The maximum absolute atomic E-state index is 11.2. The smallest absolute Gasteiger partial charge is 0.269 e. The molecule has 17 heavy (non-hydrogen) atoms. The van der Waals surface area contributed by atoms with Crippen molar-refractivity contribution in [2.24, 2.45) is 0 Å². The maximum Gasteiger partial charge on any atom is 0.269 e. The van der Waals surface area contributed by atoms with Crippen molar-refractivity contribution in [3.8, 4) is 0 Å². The van der Waals surface area contributed by atoms with Crippen LogP contribution in [0.5, 0.6) is 0 Å². The van der Waals surface area contributed by atoms with Crippen molar-refractivity contribution in [1.29, 1.82) is 0 Å². The number of hydroxylamine groups is 1. The van der Waals surface area contributed by atoms with Crippen LogP contribution in [-0.4, -0.2) is 17.7 Å². The number of rotatable bonds is 3. The van der Waals surface area contributed by atoms with Crippen LogP contribution in [-0.2, 0) is 4.79 Å². The van der Waals surface area contributed by atoms with Crippen LogP contribution >= 0.6 is 11.8 Å². The monoisotopic (exact) mass is 250 g/mol. The van der Waals surface area contributed by atoms with Crippen LogP contribution in [0.4, 0.5) is 5.69 Å². The van der Waals surface area contributed by atoms with Crippen molar-refractivity contribution >= 4 is 23.4 Å². The fourth-order valence-corrected chi connectivity index (χ4v) is 2.88. The van der Waals surface area contributed by atoms with E-state index in [0.717, 1.165) is 28.6 Å². The molecule has 1 aromatic carbocycles. The summed E-state index contributed by atoms with van der Waals surface area (Å²) in [7, 11) is 0. The lowest BCUT2D eigenvalue weighted by Crippen LogP contribution is -2.22. The van der Waals surface area contributed by atoms with Gasteiger partial charge in [0.25, 0.3) is 5.91 Å². The van der Waals surface area contributed by atoms with Crippen LogP contribution in [0.25, 0.3) is 0 Å². The highest BCUT2D eigenvalue weighted by Gasteiger charge is 2.24. The van der Waals surface area contributed by atoms with Crippen molar-refractivity contribution in [2.45, 2.75) is 18.2 Å². The molecule has 1 aliphatic heterocycles. The van der Waals surface area contributed by atoms with Gasteiger partial charge in [0.1, 0.15) is 0 Å². The molecule has 2 rings (SSSR count). The molecule has 5 heteroatoms. The summed E-state index contributed by atoms with van der Waals surface area (Å²) < 4.78 is 0. The second-order valence-corrected chi connectivity index (χ2v) is 4.74. The van der Waals surface area contributed by atoms with Gasteiger partial charge >= 0.3 is 0 Å². The molecule has 2 N–H and O–H groups in total. The molecule has 1 heterocycles. The molecule has 0 radical (unpaired) electrons. The van der Waals surface area contributed by atoms with Gasteiger partial charge in [-0.05, 0) is 18.6 Å². The molecule has 1 amide bonds. The van der Waals surface area contributed by atoms with E-state index in [2.05, 4.69) is 11.8 Å². The van der Waals surface area contributed by atoms with Gasteiger partial charge in [-0.25, -0.2) is 5.48 Å². The number of fused-ring (bicyclic) bond motifs is 1. The standard InChI is InChI=1S/C12H14N2O2S/c1-2-7-14-9-5-3-4-6-10(9)17-12(14)8-11(15)13-16/h3-6,8,16H,2,7H2,1H3,(H,13,15)/b12-8-. The summed E-state index contributed by atoms with van der Waals surface area (Å²) in [6.07, 6.45) is 2.41. The fourth-order valence-electron chi connectivity index (χ4n) is 1.76. The van der Waals surface area contributed by atoms with Crippen LogP contribution < -0.4 is 10.4 Å². The predicted octanol–water partition coefficient (Wildman–Crippen LogP) is 2.36. The van der Waals surface area contributed by atoms with Crippen molar-refractivity contribution in [3.05, 3.63) is 35.4 Å². The summed E-state index contributed by atoms with van der Waals surface area (Å²) in [4.78, 5) is 14.4. The fraction of sp³-hybridized carbons (Fsp3) is 0.250. The molecular weight excluding hydrogens is 236 g/mol. The second-order valence-electron chi connectivity index (χ2n) is 3.68. The van der Waals surface area contributed by atoms with Gasteiger partial charge in [-0.3, -0.25) is 10.0 Å².